The number of nitrogens with zero attached hydrogens (tertiary/aromatic N) is 5. The molecule has 0 bridgehead atoms. The van der Waals surface area contributed by atoms with Crippen LogP contribution in [0.1, 0.15) is 24.8 Å². The van der Waals surface area contributed by atoms with Crippen LogP contribution in [0.4, 0.5) is 23.4 Å². The number of alkyl halides is 2. The van der Waals surface area contributed by atoms with E-state index in [9.17, 15) is 18.3 Å². The molecule has 3 fully saturated rings. The molecule has 8 rings (SSSR count). The van der Waals surface area contributed by atoms with Gasteiger partial charge >= 0.3 is 6.01 Å². The van der Waals surface area contributed by atoms with Gasteiger partial charge in [-0.25, -0.2) is 22.5 Å². The Morgan fingerprint density at radius 1 is 1.07 bits per heavy atom. The minimum absolute atomic E-state index is 0.00736. The molecule has 0 radical (unpaired) electrons. The van der Waals surface area contributed by atoms with Crippen molar-refractivity contribution in [3.05, 3.63) is 41.5 Å². The predicted molar refractivity (Wildman–Crippen MR) is 161 cm³/mol. The molecule has 3 saturated heterocycles. The number of aromatic nitrogens is 3. The van der Waals surface area contributed by atoms with Gasteiger partial charge in [0.2, 0.25) is 5.88 Å². The third-order valence-corrected chi connectivity index (χ3v) is 9.52. The minimum Gasteiger partial charge on any atom is -0.508 e. The summed E-state index contributed by atoms with van der Waals surface area (Å²) >= 11 is 0. The molecular formula is C33H29F4N5O4. The van der Waals surface area contributed by atoms with Gasteiger partial charge in [-0.15, -0.1) is 6.42 Å². The van der Waals surface area contributed by atoms with Crippen molar-refractivity contribution in [2.45, 2.75) is 43.2 Å². The van der Waals surface area contributed by atoms with Gasteiger partial charge in [0.25, 0.3) is 0 Å². The van der Waals surface area contributed by atoms with Gasteiger partial charge in [-0.1, -0.05) is 12.0 Å². The normalized spacial score (nSPS) is 25.9. The molecule has 0 unspecified atom stereocenters. The van der Waals surface area contributed by atoms with Crippen LogP contribution in [0, 0.1) is 24.0 Å². The van der Waals surface area contributed by atoms with Crippen LogP contribution in [0.3, 0.4) is 0 Å². The molecule has 238 valence electrons. The van der Waals surface area contributed by atoms with E-state index in [1.54, 1.807) is 4.90 Å². The lowest BCUT2D eigenvalue weighted by Gasteiger charge is -2.31. The smallest absolute Gasteiger partial charge is 0.319 e. The maximum Gasteiger partial charge on any atom is 0.319 e. The van der Waals surface area contributed by atoms with Crippen molar-refractivity contribution in [2.75, 3.05) is 51.0 Å². The molecular weight excluding hydrogens is 606 g/mol. The average Bonchev–Trinajstić information content (AvgIpc) is 3.43. The Morgan fingerprint density at radius 2 is 1.93 bits per heavy atom. The van der Waals surface area contributed by atoms with E-state index in [-0.39, 0.29) is 89.5 Å². The average molecular weight is 636 g/mol. The van der Waals surface area contributed by atoms with Gasteiger partial charge in [-0.3, -0.25) is 4.90 Å². The highest BCUT2D eigenvalue weighted by atomic mass is 19.1. The largest absolute Gasteiger partial charge is 0.508 e. The number of hydrogen-bond donors (Lipinski definition) is 1. The molecule has 9 nitrogen and oxygen atoms in total. The van der Waals surface area contributed by atoms with Crippen LogP contribution < -0.4 is 14.4 Å². The van der Waals surface area contributed by atoms with Crippen molar-refractivity contribution >= 4 is 27.5 Å². The van der Waals surface area contributed by atoms with Gasteiger partial charge < -0.3 is 24.2 Å². The molecule has 13 heteroatoms. The number of rotatable bonds is 4. The number of benzene rings is 2. The maximum atomic E-state index is 16.9. The van der Waals surface area contributed by atoms with E-state index in [4.69, 9.17) is 20.6 Å². The summed E-state index contributed by atoms with van der Waals surface area (Å²) in [6, 6.07) is 4.56. The van der Waals surface area contributed by atoms with Crippen LogP contribution in [0.15, 0.2) is 24.3 Å². The van der Waals surface area contributed by atoms with Crippen LogP contribution in [-0.2, 0) is 4.74 Å². The van der Waals surface area contributed by atoms with Crippen LogP contribution in [0.5, 0.6) is 17.6 Å². The van der Waals surface area contributed by atoms with Gasteiger partial charge in [0.15, 0.2) is 5.82 Å². The van der Waals surface area contributed by atoms with E-state index in [1.165, 1.54) is 24.3 Å². The first-order valence-corrected chi connectivity index (χ1v) is 15.2. The fourth-order valence-corrected chi connectivity index (χ4v) is 7.47. The second-order valence-corrected chi connectivity index (χ2v) is 12.4. The number of phenols is 1. The lowest BCUT2D eigenvalue weighted by atomic mass is 9.95. The molecule has 1 N–H and O–H groups in total. The topological polar surface area (TPSA) is 93.1 Å². The number of terminal acetylenes is 1. The van der Waals surface area contributed by atoms with Crippen LogP contribution in [0.25, 0.3) is 32.9 Å². The second kappa shape index (κ2) is 10.8. The third-order valence-electron chi connectivity index (χ3n) is 9.52. The summed E-state index contributed by atoms with van der Waals surface area (Å²) in [6.07, 6.45) is 5.28. The first-order valence-electron chi connectivity index (χ1n) is 15.2. The standard InChI is InChI=1S/C33H29F4N5O4/c1-2-22-24(36)5-4-17-8-21(43)9-23(25(17)22)28-27(37)29-26-30(42-12-19(35)13-44-14-20(42)15-45-31(26)38-28)40-32(39-29)46-16-33-6-3-7-41(33)11-18(34)10-33/h1,4-5,8-9,18-20,43H,3,6-7,10-16H2/t18-,19+,20+,33+/m1/s1. The van der Waals surface area contributed by atoms with Crippen molar-refractivity contribution in [1.82, 2.24) is 19.9 Å². The van der Waals surface area contributed by atoms with Crippen LogP contribution in [0.2, 0.25) is 0 Å². The summed E-state index contributed by atoms with van der Waals surface area (Å²) in [4.78, 5) is 17.4. The molecule has 46 heavy (non-hydrogen) atoms. The molecule has 2 aromatic carbocycles. The first kappa shape index (κ1) is 29.0. The van der Waals surface area contributed by atoms with E-state index in [1.807, 2.05) is 0 Å². The first-order chi connectivity index (χ1) is 22.2. The van der Waals surface area contributed by atoms with Crippen molar-refractivity contribution < 1.29 is 36.9 Å². The Bertz CT molecular complexity index is 1940. The predicted octanol–water partition coefficient (Wildman–Crippen LogP) is 4.70. The highest BCUT2D eigenvalue weighted by Gasteiger charge is 2.49. The SMILES string of the molecule is C#Cc1c(F)ccc2cc(O)cc(-c3nc4c5c(nc(OC[C@@]67CCCN6C[C@H](F)C7)nc5c3F)N3C[C@H](F)COC[C@H]3CO4)c12. The quantitative estimate of drug-likeness (QED) is 0.253. The Hall–Kier alpha value is -4.41. The summed E-state index contributed by atoms with van der Waals surface area (Å²) in [5.41, 5.74) is -1.16. The zero-order valence-electron chi connectivity index (χ0n) is 24.6. The van der Waals surface area contributed by atoms with E-state index in [0.717, 1.165) is 19.4 Å². The number of phenolic OH excluding ortho intramolecular Hbond substituents is 1. The summed E-state index contributed by atoms with van der Waals surface area (Å²) in [6.45, 7) is 1.06. The zero-order chi connectivity index (χ0) is 31.7. The number of aromatic hydroxyl groups is 1. The van der Waals surface area contributed by atoms with Gasteiger partial charge in [-0.05, 0) is 43.0 Å². The molecule has 2 aromatic heterocycles. The van der Waals surface area contributed by atoms with Crippen LogP contribution in [-0.4, -0.2) is 94.9 Å². The molecule has 0 aliphatic carbocycles. The Labute approximate surface area is 261 Å². The highest BCUT2D eigenvalue weighted by molar-refractivity contribution is 6.04. The molecule has 4 atom stereocenters. The van der Waals surface area contributed by atoms with Gasteiger partial charge in [0, 0.05) is 23.9 Å². The highest BCUT2D eigenvalue weighted by Crippen LogP contribution is 2.44. The summed E-state index contributed by atoms with van der Waals surface area (Å²) in [7, 11) is 0. The lowest BCUT2D eigenvalue weighted by molar-refractivity contribution is 0.0865. The number of hydrogen-bond acceptors (Lipinski definition) is 9. The number of ether oxygens (including phenoxy) is 3. The summed E-state index contributed by atoms with van der Waals surface area (Å²) in [5.74, 6) is 0.603. The Balaban J connectivity index is 1.34. The summed E-state index contributed by atoms with van der Waals surface area (Å²) < 4.78 is 79.0. The van der Waals surface area contributed by atoms with Crippen LogP contribution >= 0.6 is 0 Å². The van der Waals surface area contributed by atoms with E-state index < -0.39 is 35.6 Å². The Kier molecular flexibility index (Phi) is 6.84. The fourth-order valence-electron chi connectivity index (χ4n) is 7.47. The monoisotopic (exact) mass is 635 g/mol. The maximum absolute atomic E-state index is 16.9. The van der Waals surface area contributed by atoms with Gasteiger partial charge in [0.05, 0.1) is 36.9 Å². The molecule has 4 aliphatic heterocycles. The minimum atomic E-state index is -1.36. The van der Waals surface area contributed by atoms with Gasteiger partial charge in [0.1, 0.15) is 59.5 Å². The molecule has 0 amide bonds. The van der Waals surface area contributed by atoms with E-state index in [0.29, 0.717) is 18.4 Å². The molecule has 0 saturated carbocycles. The molecule has 4 aromatic rings. The summed E-state index contributed by atoms with van der Waals surface area (Å²) in [5, 5.41) is 11.2. The van der Waals surface area contributed by atoms with E-state index >= 15 is 4.39 Å². The number of anilines is 1. The molecule has 6 heterocycles. The Morgan fingerprint density at radius 3 is 2.78 bits per heavy atom. The van der Waals surface area contributed by atoms with Crippen molar-refractivity contribution in [1.29, 1.82) is 0 Å². The second-order valence-electron chi connectivity index (χ2n) is 12.4. The van der Waals surface area contributed by atoms with Gasteiger partial charge in [-0.2, -0.15) is 9.97 Å². The lowest BCUT2D eigenvalue weighted by Crippen LogP contribution is -2.44. The van der Waals surface area contributed by atoms with Crippen molar-refractivity contribution in [3.8, 4) is 41.2 Å². The fraction of sp³-hybridized carbons (Fsp3) is 0.424. The van der Waals surface area contributed by atoms with Crippen molar-refractivity contribution in [3.63, 3.8) is 0 Å². The molecule has 0 spiro atoms. The zero-order valence-corrected chi connectivity index (χ0v) is 24.6. The third kappa shape index (κ3) is 4.57. The van der Waals surface area contributed by atoms with Crippen molar-refractivity contribution in [2.24, 2.45) is 0 Å². The molecule has 4 aliphatic rings. The number of pyridine rings is 1. The van der Waals surface area contributed by atoms with E-state index in [2.05, 4.69) is 25.8 Å². The number of halogens is 4. The number of fused-ring (bicyclic) bond motifs is 4.